The third-order valence-corrected chi connectivity index (χ3v) is 2.37. The SMILES string of the molecule is C#CC(C)NC(=O)Nc1ccc(C(=O)O)c(Cl)c1. The zero-order valence-corrected chi connectivity index (χ0v) is 10.3. The lowest BCUT2D eigenvalue weighted by atomic mass is 10.2. The van der Waals surface area contributed by atoms with Crippen molar-refractivity contribution in [1.82, 2.24) is 5.32 Å². The molecule has 0 saturated heterocycles. The largest absolute Gasteiger partial charge is 0.478 e. The number of carboxylic acid groups (broad SMARTS) is 1. The molecule has 0 heterocycles. The molecule has 1 rings (SSSR count). The molecule has 0 aliphatic heterocycles. The number of nitrogens with one attached hydrogen (secondary N) is 2. The molecule has 0 spiro atoms. The molecule has 1 atom stereocenters. The fraction of sp³-hybridized carbons (Fsp3) is 0.167. The first-order valence-corrected chi connectivity index (χ1v) is 5.38. The highest BCUT2D eigenvalue weighted by atomic mass is 35.5. The minimum absolute atomic E-state index is 0.0281. The Morgan fingerprint density at radius 1 is 1.50 bits per heavy atom. The Kier molecular flexibility index (Phi) is 4.58. The van der Waals surface area contributed by atoms with Gasteiger partial charge in [0.25, 0.3) is 0 Å². The summed E-state index contributed by atoms with van der Waals surface area (Å²) in [5.41, 5.74) is 0.353. The van der Waals surface area contributed by atoms with Gasteiger partial charge in [-0.3, -0.25) is 0 Å². The second-order valence-electron chi connectivity index (χ2n) is 3.49. The molecule has 0 fully saturated rings. The molecule has 1 aromatic carbocycles. The molecule has 1 unspecified atom stereocenters. The van der Waals surface area contributed by atoms with Gasteiger partial charge in [-0.2, -0.15) is 0 Å². The normalized spacial score (nSPS) is 11.2. The topological polar surface area (TPSA) is 78.4 Å². The Labute approximate surface area is 109 Å². The van der Waals surface area contributed by atoms with Crippen LogP contribution in [0.5, 0.6) is 0 Å². The smallest absolute Gasteiger partial charge is 0.337 e. The molecule has 0 radical (unpaired) electrons. The molecular formula is C12H11ClN2O3. The van der Waals surface area contributed by atoms with Gasteiger partial charge >= 0.3 is 12.0 Å². The molecule has 0 aromatic heterocycles. The molecule has 6 heteroatoms. The second kappa shape index (κ2) is 5.94. The molecule has 0 aliphatic rings. The van der Waals surface area contributed by atoms with E-state index in [1.54, 1.807) is 6.92 Å². The van der Waals surface area contributed by atoms with Crippen LogP contribution in [-0.2, 0) is 0 Å². The highest BCUT2D eigenvalue weighted by Crippen LogP contribution is 2.20. The maximum atomic E-state index is 11.4. The number of amides is 2. The third kappa shape index (κ3) is 3.68. The number of terminal acetylenes is 1. The van der Waals surface area contributed by atoms with Crippen molar-refractivity contribution in [3.05, 3.63) is 28.8 Å². The lowest BCUT2D eigenvalue weighted by molar-refractivity contribution is 0.0697. The van der Waals surface area contributed by atoms with Gasteiger partial charge < -0.3 is 15.7 Å². The number of carboxylic acids is 1. The van der Waals surface area contributed by atoms with Crippen molar-refractivity contribution in [1.29, 1.82) is 0 Å². The standard InChI is InChI=1S/C12H11ClN2O3/c1-3-7(2)14-12(18)15-8-4-5-9(11(16)17)10(13)6-8/h1,4-7H,2H3,(H,16,17)(H2,14,15,18). The van der Waals surface area contributed by atoms with Crippen LogP contribution < -0.4 is 10.6 Å². The van der Waals surface area contributed by atoms with Crippen LogP contribution in [-0.4, -0.2) is 23.1 Å². The highest BCUT2D eigenvalue weighted by molar-refractivity contribution is 6.33. The first-order valence-electron chi connectivity index (χ1n) is 5.00. The van der Waals surface area contributed by atoms with Crippen LogP contribution in [0.15, 0.2) is 18.2 Å². The van der Waals surface area contributed by atoms with Crippen molar-refractivity contribution in [3.63, 3.8) is 0 Å². The molecule has 2 amide bonds. The average molecular weight is 267 g/mol. The number of urea groups is 1. The fourth-order valence-electron chi connectivity index (χ4n) is 1.17. The minimum atomic E-state index is -1.13. The van der Waals surface area contributed by atoms with Crippen LogP contribution in [0.1, 0.15) is 17.3 Å². The zero-order valence-electron chi connectivity index (χ0n) is 9.53. The van der Waals surface area contributed by atoms with E-state index in [4.69, 9.17) is 23.1 Å². The van der Waals surface area contributed by atoms with Gasteiger partial charge in [-0.15, -0.1) is 6.42 Å². The molecule has 0 aliphatic carbocycles. The van der Waals surface area contributed by atoms with Crippen LogP contribution in [0.2, 0.25) is 5.02 Å². The Morgan fingerprint density at radius 3 is 2.67 bits per heavy atom. The van der Waals surface area contributed by atoms with Crippen molar-refractivity contribution in [2.45, 2.75) is 13.0 Å². The van der Waals surface area contributed by atoms with E-state index in [1.165, 1.54) is 18.2 Å². The number of hydrogen-bond acceptors (Lipinski definition) is 2. The van der Waals surface area contributed by atoms with Crippen LogP contribution in [0.4, 0.5) is 10.5 Å². The van der Waals surface area contributed by atoms with Gasteiger partial charge in [-0.05, 0) is 25.1 Å². The van der Waals surface area contributed by atoms with Gasteiger partial charge in [0.2, 0.25) is 0 Å². The summed E-state index contributed by atoms with van der Waals surface area (Å²) in [7, 11) is 0. The first-order chi connectivity index (χ1) is 8.43. The van der Waals surface area contributed by atoms with E-state index in [0.717, 1.165) is 0 Å². The number of hydrogen-bond donors (Lipinski definition) is 3. The van der Waals surface area contributed by atoms with Crippen LogP contribution in [0.25, 0.3) is 0 Å². The number of rotatable bonds is 3. The van der Waals surface area contributed by atoms with Gasteiger partial charge in [0.1, 0.15) is 0 Å². The van der Waals surface area contributed by atoms with E-state index in [0.29, 0.717) is 5.69 Å². The lowest BCUT2D eigenvalue weighted by Gasteiger charge is -2.10. The summed E-state index contributed by atoms with van der Waals surface area (Å²) in [4.78, 5) is 22.2. The summed E-state index contributed by atoms with van der Waals surface area (Å²) in [6, 6.07) is 3.21. The van der Waals surface area contributed by atoms with E-state index < -0.39 is 18.0 Å². The zero-order chi connectivity index (χ0) is 13.7. The highest BCUT2D eigenvalue weighted by Gasteiger charge is 2.10. The molecule has 0 bridgehead atoms. The van der Waals surface area contributed by atoms with E-state index in [-0.39, 0.29) is 10.6 Å². The molecule has 94 valence electrons. The quantitative estimate of drug-likeness (QED) is 0.734. The van der Waals surface area contributed by atoms with Crippen molar-refractivity contribution >= 4 is 29.3 Å². The van der Waals surface area contributed by atoms with Crippen molar-refractivity contribution < 1.29 is 14.7 Å². The Hall–Kier alpha value is -2.19. The molecular weight excluding hydrogens is 256 g/mol. The van der Waals surface area contributed by atoms with E-state index in [2.05, 4.69) is 16.6 Å². The number of anilines is 1. The van der Waals surface area contributed by atoms with Crippen molar-refractivity contribution in [2.24, 2.45) is 0 Å². The number of benzene rings is 1. The summed E-state index contributed by atoms with van der Waals surface area (Å²) in [6.07, 6.45) is 5.11. The number of carbonyl (C=O) groups is 2. The Bertz CT molecular complexity index is 523. The maximum absolute atomic E-state index is 11.4. The summed E-state index contributed by atoms with van der Waals surface area (Å²) < 4.78 is 0. The molecule has 5 nitrogen and oxygen atoms in total. The van der Waals surface area contributed by atoms with Crippen molar-refractivity contribution in [2.75, 3.05) is 5.32 Å². The van der Waals surface area contributed by atoms with Crippen molar-refractivity contribution in [3.8, 4) is 12.3 Å². The number of carbonyl (C=O) groups excluding carboxylic acids is 1. The average Bonchev–Trinajstić information content (AvgIpc) is 2.28. The Balaban J connectivity index is 2.75. The van der Waals surface area contributed by atoms with Gasteiger partial charge in [0, 0.05) is 5.69 Å². The van der Waals surface area contributed by atoms with Gasteiger partial charge in [0.05, 0.1) is 16.6 Å². The fourth-order valence-corrected chi connectivity index (χ4v) is 1.43. The van der Waals surface area contributed by atoms with Gasteiger partial charge in [-0.25, -0.2) is 9.59 Å². The number of halogens is 1. The van der Waals surface area contributed by atoms with Crippen LogP contribution in [0.3, 0.4) is 0 Å². The summed E-state index contributed by atoms with van der Waals surface area (Å²) in [5, 5.41) is 13.8. The monoisotopic (exact) mass is 266 g/mol. The van der Waals surface area contributed by atoms with E-state index >= 15 is 0 Å². The van der Waals surface area contributed by atoms with Crippen LogP contribution >= 0.6 is 11.6 Å². The minimum Gasteiger partial charge on any atom is -0.478 e. The Morgan fingerprint density at radius 2 is 2.17 bits per heavy atom. The van der Waals surface area contributed by atoms with Crippen LogP contribution in [0, 0.1) is 12.3 Å². The molecule has 3 N–H and O–H groups in total. The first kappa shape index (κ1) is 13.9. The molecule has 18 heavy (non-hydrogen) atoms. The third-order valence-electron chi connectivity index (χ3n) is 2.05. The predicted octanol–water partition coefficient (Wildman–Crippen LogP) is 2.18. The molecule has 1 aromatic rings. The summed E-state index contributed by atoms with van der Waals surface area (Å²) >= 11 is 5.76. The second-order valence-corrected chi connectivity index (χ2v) is 3.89. The van der Waals surface area contributed by atoms with Gasteiger partial charge in [-0.1, -0.05) is 17.5 Å². The summed E-state index contributed by atoms with van der Waals surface area (Å²) in [6.45, 7) is 1.65. The summed E-state index contributed by atoms with van der Waals surface area (Å²) in [5.74, 6) is 1.21. The van der Waals surface area contributed by atoms with E-state index in [9.17, 15) is 9.59 Å². The van der Waals surface area contributed by atoms with E-state index in [1.807, 2.05) is 0 Å². The predicted molar refractivity (Wildman–Crippen MR) is 68.9 cm³/mol. The molecule has 0 saturated carbocycles. The van der Waals surface area contributed by atoms with Gasteiger partial charge in [0.15, 0.2) is 0 Å². The lowest BCUT2D eigenvalue weighted by Crippen LogP contribution is -2.35. The number of aromatic carboxylic acids is 1. The maximum Gasteiger partial charge on any atom is 0.337 e.